The molecule has 1 atom stereocenters. The van der Waals surface area contributed by atoms with Crippen molar-refractivity contribution in [2.24, 2.45) is 7.05 Å². The van der Waals surface area contributed by atoms with Crippen molar-refractivity contribution in [1.82, 2.24) is 19.8 Å². The molecular weight excluding hydrogens is 224 g/mol. The zero-order chi connectivity index (χ0) is 13.8. The number of aromatic nitrogens is 2. The van der Waals surface area contributed by atoms with Crippen LogP contribution in [0.2, 0.25) is 0 Å². The summed E-state index contributed by atoms with van der Waals surface area (Å²) in [5.74, 6) is 1.12. The molecule has 0 fully saturated rings. The van der Waals surface area contributed by atoms with Crippen LogP contribution in [0, 0.1) is 0 Å². The van der Waals surface area contributed by atoms with E-state index < -0.39 is 0 Å². The van der Waals surface area contributed by atoms with Gasteiger partial charge in [-0.3, -0.25) is 4.90 Å². The first kappa shape index (κ1) is 15.2. The lowest BCUT2D eigenvalue weighted by Gasteiger charge is -2.27. The molecule has 0 bridgehead atoms. The monoisotopic (exact) mass is 252 g/mol. The molecule has 1 heterocycles. The van der Waals surface area contributed by atoms with Crippen LogP contribution in [0.25, 0.3) is 0 Å². The summed E-state index contributed by atoms with van der Waals surface area (Å²) < 4.78 is 2.08. The van der Waals surface area contributed by atoms with Crippen molar-refractivity contribution in [2.75, 3.05) is 13.6 Å². The summed E-state index contributed by atoms with van der Waals surface area (Å²) in [5, 5.41) is 3.53. The Bertz CT molecular complexity index is 351. The Labute approximate surface area is 111 Å². The van der Waals surface area contributed by atoms with E-state index >= 15 is 0 Å². The van der Waals surface area contributed by atoms with Crippen LogP contribution in [0.3, 0.4) is 0 Å². The van der Waals surface area contributed by atoms with Gasteiger partial charge in [0.2, 0.25) is 0 Å². The highest BCUT2D eigenvalue weighted by atomic mass is 15.2. The van der Waals surface area contributed by atoms with Crippen molar-refractivity contribution in [3.63, 3.8) is 0 Å². The van der Waals surface area contributed by atoms with Crippen molar-refractivity contribution in [2.45, 2.75) is 52.2 Å². The zero-order valence-electron chi connectivity index (χ0n) is 12.7. The van der Waals surface area contributed by atoms with Gasteiger partial charge in [-0.1, -0.05) is 0 Å². The third-order valence-corrected chi connectivity index (χ3v) is 3.28. The predicted octanol–water partition coefficient (Wildman–Crippen LogP) is 2.02. The first-order valence-electron chi connectivity index (χ1n) is 6.71. The van der Waals surface area contributed by atoms with Gasteiger partial charge in [0.05, 0.1) is 6.54 Å². The molecule has 0 radical (unpaired) electrons. The molecule has 1 unspecified atom stereocenters. The molecular formula is C14H28N4. The summed E-state index contributed by atoms with van der Waals surface area (Å²) in [5.41, 5.74) is 0.206. The fourth-order valence-electron chi connectivity index (χ4n) is 1.80. The minimum absolute atomic E-state index is 0.206. The lowest BCUT2D eigenvalue weighted by molar-refractivity contribution is 0.224. The summed E-state index contributed by atoms with van der Waals surface area (Å²) >= 11 is 0. The van der Waals surface area contributed by atoms with Gasteiger partial charge in [-0.15, -0.1) is 0 Å². The molecule has 1 rings (SSSR count). The van der Waals surface area contributed by atoms with Gasteiger partial charge in [-0.05, 0) is 47.7 Å². The minimum atomic E-state index is 0.206. The van der Waals surface area contributed by atoms with Gasteiger partial charge in [-0.2, -0.15) is 0 Å². The maximum atomic E-state index is 4.36. The number of nitrogens with one attached hydrogen (secondary N) is 1. The van der Waals surface area contributed by atoms with Crippen LogP contribution in [-0.4, -0.2) is 39.6 Å². The Morgan fingerprint density at radius 2 is 2.11 bits per heavy atom. The Morgan fingerprint density at radius 1 is 1.44 bits per heavy atom. The van der Waals surface area contributed by atoms with Crippen molar-refractivity contribution >= 4 is 0 Å². The number of imidazole rings is 1. The van der Waals surface area contributed by atoms with E-state index in [-0.39, 0.29) is 5.54 Å². The zero-order valence-corrected chi connectivity index (χ0v) is 12.7. The number of rotatable bonds is 6. The van der Waals surface area contributed by atoms with E-state index in [1.165, 1.54) is 0 Å². The van der Waals surface area contributed by atoms with E-state index in [1.54, 1.807) is 0 Å². The van der Waals surface area contributed by atoms with Crippen LogP contribution in [0.1, 0.15) is 39.9 Å². The average molecular weight is 252 g/mol. The van der Waals surface area contributed by atoms with Crippen LogP contribution in [0.4, 0.5) is 0 Å². The first-order chi connectivity index (χ1) is 8.29. The van der Waals surface area contributed by atoms with Crippen LogP contribution >= 0.6 is 0 Å². The molecule has 0 saturated carbocycles. The Kier molecular flexibility index (Phi) is 5.35. The second-order valence-corrected chi connectivity index (χ2v) is 6.18. The van der Waals surface area contributed by atoms with Crippen LogP contribution in [0.5, 0.6) is 0 Å². The molecule has 1 N–H and O–H groups in total. The molecule has 18 heavy (non-hydrogen) atoms. The fraction of sp³-hybridized carbons (Fsp3) is 0.786. The van der Waals surface area contributed by atoms with Gasteiger partial charge in [-0.25, -0.2) is 4.98 Å². The Balaban J connectivity index is 2.33. The summed E-state index contributed by atoms with van der Waals surface area (Å²) in [7, 11) is 4.21. The minimum Gasteiger partial charge on any atom is -0.337 e. The summed E-state index contributed by atoms with van der Waals surface area (Å²) in [6.07, 6.45) is 5.00. The molecule has 1 aromatic rings. The summed E-state index contributed by atoms with van der Waals surface area (Å²) in [6, 6.07) is 0.552. The highest BCUT2D eigenvalue weighted by Crippen LogP contribution is 2.07. The molecule has 0 aliphatic heterocycles. The molecule has 1 aromatic heterocycles. The van der Waals surface area contributed by atoms with E-state index in [2.05, 4.69) is 54.5 Å². The van der Waals surface area contributed by atoms with Gasteiger partial charge in [0.1, 0.15) is 5.82 Å². The summed E-state index contributed by atoms with van der Waals surface area (Å²) in [6.45, 7) is 10.8. The lowest BCUT2D eigenvalue weighted by Crippen LogP contribution is -2.39. The number of hydrogen-bond acceptors (Lipinski definition) is 3. The highest BCUT2D eigenvalue weighted by molar-refractivity contribution is 4.91. The Morgan fingerprint density at radius 3 is 2.61 bits per heavy atom. The molecule has 4 nitrogen and oxygen atoms in total. The second-order valence-electron chi connectivity index (χ2n) is 6.18. The van der Waals surface area contributed by atoms with Gasteiger partial charge >= 0.3 is 0 Å². The topological polar surface area (TPSA) is 33.1 Å². The molecule has 104 valence electrons. The predicted molar refractivity (Wildman–Crippen MR) is 76.5 cm³/mol. The SMILES string of the molecule is CC(CCNC(C)(C)C)N(C)Cc1nccn1C. The lowest BCUT2D eigenvalue weighted by atomic mass is 10.1. The number of hydrogen-bond donors (Lipinski definition) is 1. The van der Waals surface area contributed by atoms with Crippen LogP contribution < -0.4 is 5.32 Å². The van der Waals surface area contributed by atoms with Crippen molar-refractivity contribution in [3.05, 3.63) is 18.2 Å². The van der Waals surface area contributed by atoms with E-state index in [0.29, 0.717) is 6.04 Å². The standard InChI is InChI=1S/C14H28N4/c1-12(7-8-16-14(2,3)4)18(6)11-13-15-9-10-17(13)5/h9-10,12,16H,7-8,11H2,1-6H3. The largest absolute Gasteiger partial charge is 0.337 e. The molecule has 0 aliphatic carbocycles. The van der Waals surface area contributed by atoms with Crippen LogP contribution in [0.15, 0.2) is 12.4 Å². The quantitative estimate of drug-likeness (QED) is 0.841. The van der Waals surface area contributed by atoms with Crippen molar-refractivity contribution in [1.29, 1.82) is 0 Å². The molecule has 0 amide bonds. The van der Waals surface area contributed by atoms with Crippen molar-refractivity contribution < 1.29 is 0 Å². The average Bonchev–Trinajstić information content (AvgIpc) is 2.62. The number of aryl methyl sites for hydroxylation is 1. The highest BCUT2D eigenvalue weighted by Gasteiger charge is 2.13. The molecule has 0 saturated heterocycles. The van der Waals surface area contributed by atoms with Gasteiger partial charge in [0.25, 0.3) is 0 Å². The third kappa shape index (κ3) is 5.19. The first-order valence-corrected chi connectivity index (χ1v) is 6.71. The van der Waals surface area contributed by atoms with Crippen molar-refractivity contribution in [3.8, 4) is 0 Å². The maximum absolute atomic E-state index is 4.36. The van der Waals surface area contributed by atoms with E-state index in [0.717, 1.165) is 25.3 Å². The fourth-order valence-corrected chi connectivity index (χ4v) is 1.80. The summed E-state index contributed by atoms with van der Waals surface area (Å²) in [4.78, 5) is 6.72. The normalized spacial score (nSPS) is 14.2. The third-order valence-electron chi connectivity index (χ3n) is 3.28. The van der Waals surface area contributed by atoms with E-state index in [1.807, 2.05) is 19.4 Å². The number of nitrogens with zero attached hydrogens (tertiary/aromatic N) is 3. The van der Waals surface area contributed by atoms with Gasteiger partial charge < -0.3 is 9.88 Å². The van der Waals surface area contributed by atoms with E-state index in [9.17, 15) is 0 Å². The molecule has 4 heteroatoms. The molecule has 0 spiro atoms. The van der Waals surface area contributed by atoms with E-state index in [4.69, 9.17) is 0 Å². The smallest absolute Gasteiger partial charge is 0.122 e. The van der Waals surface area contributed by atoms with Gasteiger partial charge in [0, 0.05) is 31.0 Å². The van der Waals surface area contributed by atoms with Gasteiger partial charge in [0.15, 0.2) is 0 Å². The maximum Gasteiger partial charge on any atom is 0.122 e. The Hall–Kier alpha value is -0.870. The second kappa shape index (κ2) is 6.34. The molecule has 0 aliphatic rings. The van der Waals surface area contributed by atoms with Crippen LogP contribution in [-0.2, 0) is 13.6 Å². The molecule has 0 aromatic carbocycles.